The van der Waals surface area contributed by atoms with Crippen LogP contribution in [0.25, 0.3) is 10.9 Å². The van der Waals surface area contributed by atoms with Crippen LogP contribution in [0.4, 0.5) is 0 Å². The quantitative estimate of drug-likeness (QED) is 0.744. The number of nitrogens with zero attached hydrogens (tertiary/aromatic N) is 1. The monoisotopic (exact) mass is 187 g/mol. The zero-order valence-electron chi connectivity index (χ0n) is 7.69. The molecule has 0 fully saturated rings. The molecule has 0 atom stereocenters. The van der Waals surface area contributed by atoms with E-state index in [0.717, 1.165) is 16.5 Å². The van der Waals surface area contributed by atoms with Gasteiger partial charge in [0.25, 0.3) is 0 Å². The molecule has 0 unspecified atom stereocenters. The minimum Gasteiger partial charge on any atom is -0.477 e. The summed E-state index contributed by atoms with van der Waals surface area (Å²) in [5.41, 5.74) is 1.89. The second-order valence-electron chi connectivity index (χ2n) is 3.20. The zero-order chi connectivity index (χ0) is 10.1. The lowest BCUT2D eigenvalue weighted by molar-refractivity contribution is 0.0691. The molecule has 0 aliphatic heterocycles. The van der Waals surface area contributed by atoms with Gasteiger partial charge in [-0.05, 0) is 24.6 Å². The SMILES string of the molecule is Cc1ccc2ccc(C(=O)O)nc2c1. The van der Waals surface area contributed by atoms with Gasteiger partial charge in [-0.2, -0.15) is 0 Å². The maximum absolute atomic E-state index is 10.7. The van der Waals surface area contributed by atoms with Crippen molar-refractivity contribution in [3.8, 4) is 0 Å². The van der Waals surface area contributed by atoms with Gasteiger partial charge in [-0.1, -0.05) is 18.2 Å². The molecular weight excluding hydrogens is 178 g/mol. The van der Waals surface area contributed by atoms with Crippen molar-refractivity contribution in [2.24, 2.45) is 0 Å². The average Bonchev–Trinajstić information content (AvgIpc) is 2.16. The number of rotatable bonds is 1. The molecule has 1 aromatic heterocycles. The van der Waals surface area contributed by atoms with Gasteiger partial charge >= 0.3 is 5.97 Å². The maximum atomic E-state index is 10.7. The van der Waals surface area contributed by atoms with Gasteiger partial charge < -0.3 is 5.11 Å². The molecule has 0 aliphatic carbocycles. The van der Waals surface area contributed by atoms with Gasteiger partial charge in [-0.3, -0.25) is 0 Å². The van der Waals surface area contributed by atoms with E-state index in [2.05, 4.69) is 4.98 Å². The lowest BCUT2D eigenvalue weighted by atomic mass is 10.1. The molecule has 0 saturated carbocycles. The number of hydrogen-bond acceptors (Lipinski definition) is 2. The Labute approximate surface area is 81.0 Å². The van der Waals surface area contributed by atoms with Gasteiger partial charge in [0, 0.05) is 5.39 Å². The molecule has 3 heteroatoms. The standard InChI is InChI=1S/C11H9NO2/c1-7-2-3-8-4-5-9(11(13)14)12-10(8)6-7/h2-6H,1H3,(H,13,14). The molecule has 2 aromatic rings. The normalized spacial score (nSPS) is 10.4. The number of hydrogen-bond donors (Lipinski definition) is 1. The van der Waals surface area contributed by atoms with Crippen molar-refractivity contribution in [1.82, 2.24) is 4.98 Å². The number of fused-ring (bicyclic) bond motifs is 1. The Kier molecular flexibility index (Phi) is 1.93. The van der Waals surface area contributed by atoms with Crippen LogP contribution in [-0.4, -0.2) is 16.1 Å². The molecule has 1 N–H and O–H groups in total. The molecule has 1 aromatic carbocycles. The van der Waals surface area contributed by atoms with Gasteiger partial charge in [0.1, 0.15) is 5.69 Å². The summed E-state index contributed by atoms with van der Waals surface area (Å²) in [4.78, 5) is 14.7. The Morgan fingerprint density at radius 3 is 2.71 bits per heavy atom. The first-order valence-corrected chi connectivity index (χ1v) is 4.27. The highest BCUT2D eigenvalue weighted by Crippen LogP contribution is 2.14. The molecule has 1 heterocycles. The minimum absolute atomic E-state index is 0.0862. The molecule has 0 amide bonds. The lowest BCUT2D eigenvalue weighted by Gasteiger charge is -1.99. The van der Waals surface area contributed by atoms with Gasteiger partial charge in [0.05, 0.1) is 5.52 Å². The molecule has 3 nitrogen and oxygen atoms in total. The van der Waals surface area contributed by atoms with Crippen LogP contribution >= 0.6 is 0 Å². The summed E-state index contributed by atoms with van der Waals surface area (Å²) in [6, 6.07) is 9.07. The molecule has 0 bridgehead atoms. The Bertz CT molecular complexity index is 506. The van der Waals surface area contributed by atoms with E-state index in [1.807, 2.05) is 25.1 Å². The van der Waals surface area contributed by atoms with E-state index in [1.165, 1.54) is 6.07 Å². The van der Waals surface area contributed by atoms with E-state index in [4.69, 9.17) is 5.11 Å². The van der Waals surface area contributed by atoms with Crippen LogP contribution in [-0.2, 0) is 0 Å². The van der Waals surface area contributed by atoms with Gasteiger partial charge in [-0.25, -0.2) is 9.78 Å². The Morgan fingerprint density at radius 1 is 1.29 bits per heavy atom. The molecule has 0 radical (unpaired) electrons. The summed E-state index contributed by atoms with van der Waals surface area (Å²) in [6.45, 7) is 1.95. The van der Waals surface area contributed by atoms with Crippen LogP contribution in [0, 0.1) is 6.92 Å². The zero-order valence-corrected chi connectivity index (χ0v) is 7.69. The van der Waals surface area contributed by atoms with E-state index < -0.39 is 5.97 Å². The fourth-order valence-electron chi connectivity index (χ4n) is 1.35. The molecule has 0 aliphatic rings. The smallest absolute Gasteiger partial charge is 0.354 e. The van der Waals surface area contributed by atoms with Crippen LogP contribution in [0.15, 0.2) is 30.3 Å². The molecule has 14 heavy (non-hydrogen) atoms. The summed E-state index contributed by atoms with van der Waals surface area (Å²) in [6.07, 6.45) is 0. The van der Waals surface area contributed by atoms with Crippen LogP contribution in [0.5, 0.6) is 0 Å². The molecule has 0 saturated heterocycles. The third kappa shape index (κ3) is 1.44. The lowest BCUT2D eigenvalue weighted by Crippen LogP contribution is -1.99. The topological polar surface area (TPSA) is 50.2 Å². The van der Waals surface area contributed by atoms with Crippen LogP contribution in [0.1, 0.15) is 16.1 Å². The highest BCUT2D eigenvalue weighted by atomic mass is 16.4. The molecule has 70 valence electrons. The van der Waals surface area contributed by atoms with E-state index in [-0.39, 0.29) is 5.69 Å². The fraction of sp³-hybridized carbons (Fsp3) is 0.0909. The number of pyridine rings is 1. The maximum Gasteiger partial charge on any atom is 0.354 e. The third-order valence-electron chi connectivity index (χ3n) is 2.07. The van der Waals surface area contributed by atoms with Crippen molar-refractivity contribution in [2.45, 2.75) is 6.92 Å². The summed E-state index contributed by atoms with van der Waals surface area (Å²) < 4.78 is 0. The number of aromatic nitrogens is 1. The van der Waals surface area contributed by atoms with Gasteiger partial charge in [-0.15, -0.1) is 0 Å². The largest absolute Gasteiger partial charge is 0.477 e. The van der Waals surface area contributed by atoms with Crippen molar-refractivity contribution in [1.29, 1.82) is 0 Å². The Hall–Kier alpha value is -1.90. The van der Waals surface area contributed by atoms with Crippen molar-refractivity contribution >= 4 is 16.9 Å². The summed E-state index contributed by atoms with van der Waals surface area (Å²) in [7, 11) is 0. The number of aromatic carboxylic acids is 1. The Balaban J connectivity index is 2.69. The first-order chi connectivity index (χ1) is 6.66. The van der Waals surface area contributed by atoms with Crippen LogP contribution < -0.4 is 0 Å². The predicted molar refractivity (Wildman–Crippen MR) is 53.4 cm³/mol. The van der Waals surface area contributed by atoms with Gasteiger partial charge in [0.2, 0.25) is 0 Å². The van der Waals surface area contributed by atoms with E-state index >= 15 is 0 Å². The highest BCUT2D eigenvalue weighted by Gasteiger charge is 2.04. The third-order valence-corrected chi connectivity index (χ3v) is 2.07. The van der Waals surface area contributed by atoms with Crippen molar-refractivity contribution < 1.29 is 9.90 Å². The average molecular weight is 187 g/mol. The number of carboxylic acid groups (broad SMARTS) is 1. The number of benzene rings is 1. The summed E-state index contributed by atoms with van der Waals surface area (Å²) in [5.74, 6) is -0.992. The van der Waals surface area contributed by atoms with E-state index in [0.29, 0.717) is 0 Å². The minimum atomic E-state index is -0.992. The van der Waals surface area contributed by atoms with Crippen molar-refractivity contribution in [3.63, 3.8) is 0 Å². The first-order valence-electron chi connectivity index (χ1n) is 4.27. The van der Waals surface area contributed by atoms with Crippen LogP contribution in [0.3, 0.4) is 0 Å². The summed E-state index contributed by atoms with van der Waals surface area (Å²) >= 11 is 0. The van der Waals surface area contributed by atoms with Gasteiger partial charge in [0.15, 0.2) is 0 Å². The second kappa shape index (κ2) is 3.10. The number of carboxylic acids is 1. The van der Waals surface area contributed by atoms with Crippen molar-refractivity contribution in [3.05, 3.63) is 41.6 Å². The second-order valence-corrected chi connectivity index (χ2v) is 3.20. The molecular formula is C11H9NO2. The molecule has 2 rings (SSSR count). The highest BCUT2D eigenvalue weighted by molar-refractivity contribution is 5.89. The van der Waals surface area contributed by atoms with Crippen LogP contribution in [0.2, 0.25) is 0 Å². The fourth-order valence-corrected chi connectivity index (χ4v) is 1.35. The molecule has 0 spiro atoms. The predicted octanol–water partition coefficient (Wildman–Crippen LogP) is 2.24. The number of aryl methyl sites for hydroxylation is 1. The number of carbonyl (C=O) groups is 1. The Morgan fingerprint density at radius 2 is 2.00 bits per heavy atom. The van der Waals surface area contributed by atoms with Crippen molar-refractivity contribution in [2.75, 3.05) is 0 Å². The van der Waals surface area contributed by atoms with E-state index in [1.54, 1.807) is 6.07 Å². The first kappa shape index (κ1) is 8.69. The van der Waals surface area contributed by atoms with E-state index in [9.17, 15) is 4.79 Å². The summed E-state index contributed by atoms with van der Waals surface area (Å²) in [5, 5.41) is 9.71.